The van der Waals surface area contributed by atoms with Gasteiger partial charge in [0.1, 0.15) is 0 Å². The quantitative estimate of drug-likeness (QED) is 0.585. The standard InChI is InChI=1S/C10H14N10/c1-18-9(11-14-16-18)13-20(8-6-4-3-5-7-8)10-12-15-17-19(10)2/h4-8H,3H2,1-2H3,(H,11,13,16). The molecule has 0 fully saturated rings. The van der Waals surface area contributed by atoms with Gasteiger partial charge in [0, 0.05) is 14.1 Å². The number of aryl methyl sites for hydroxylation is 2. The highest BCUT2D eigenvalue weighted by Crippen LogP contribution is 2.17. The molecule has 0 unspecified atom stereocenters. The van der Waals surface area contributed by atoms with Crippen molar-refractivity contribution in [2.75, 3.05) is 10.4 Å². The summed E-state index contributed by atoms with van der Waals surface area (Å²) in [5.74, 6) is 1.06. The lowest BCUT2D eigenvalue weighted by molar-refractivity contribution is 0.680. The summed E-state index contributed by atoms with van der Waals surface area (Å²) in [6.45, 7) is 0. The molecule has 0 atom stereocenters. The minimum absolute atomic E-state index is 0.0230. The van der Waals surface area contributed by atoms with E-state index in [1.54, 1.807) is 23.8 Å². The van der Waals surface area contributed by atoms with E-state index in [1.165, 1.54) is 4.68 Å². The van der Waals surface area contributed by atoms with E-state index < -0.39 is 0 Å². The first kappa shape index (κ1) is 12.3. The Labute approximate surface area is 114 Å². The number of aromatic nitrogens is 8. The van der Waals surface area contributed by atoms with E-state index in [2.05, 4.69) is 60.8 Å². The van der Waals surface area contributed by atoms with E-state index in [-0.39, 0.29) is 6.04 Å². The molecule has 10 heteroatoms. The summed E-state index contributed by atoms with van der Waals surface area (Å²) in [4.78, 5) is 0. The third-order valence-corrected chi connectivity index (χ3v) is 2.89. The Balaban J connectivity index is 1.93. The Bertz CT molecular complexity index is 626. The van der Waals surface area contributed by atoms with Gasteiger partial charge in [-0.1, -0.05) is 34.5 Å². The summed E-state index contributed by atoms with van der Waals surface area (Å²) in [6.07, 6.45) is 9.21. The zero-order valence-corrected chi connectivity index (χ0v) is 11.1. The maximum atomic E-state index is 4.02. The lowest BCUT2D eigenvalue weighted by Gasteiger charge is -2.28. The molecule has 2 aromatic heterocycles. The molecule has 1 aliphatic rings. The normalized spacial score (nSPS) is 14.7. The number of nitrogens with one attached hydrogen (secondary N) is 1. The number of anilines is 2. The minimum Gasteiger partial charge on any atom is -0.261 e. The monoisotopic (exact) mass is 274 g/mol. The highest BCUT2D eigenvalue weighted by atomic mass is 15.7. The lowest BCUT2D eigenvalue weighted by Crippen LogP contribution is -2.41. The molecular formula is C10H14N10. The second-order valence-electron chi connectivity index (χ2n) is 4.29. The van der Waals surface area contributed by atoms with E-state index in [1.807, 2.05) is 0 Å². The number of tetrazole rings is 2. The average Bonchev–Trinajstić information content (AvgIpc) is 3.06. The fourth-order valence-electron chi connectivity index (χ4n) is 1.87. The van der Waals surface area contributed by atoms with Gasteiger partial charge in [-0.05, 0) is 27.3 Å². The molecule has 1 aliphatic carbocycles. The van der Waals surface area contributed by atoms with Crippen molar-refractivity contribution in [2.24, 2.45) is 14.1 Å². The summed E-state index contributed by atoms with van der Waals surface area (Å²) in [6, 6.07) is -0.0230. The molecule has 104 valence electrons. The number of allylic oxidation sites excluding steroid dienone is 2. The maximum absolute atomic E-state index is 4.02. The van der Waals surface area contributed by atoms with Gasteiger partial charge >= 0.3 is 0 Å². The van der Waals surface area contributed by atoms with Gasteiger partial charge < -0.3 is 0 Å². The van der Waals surface area contributed by atoms with Crippen LogP contribution in [0.3, 0.4) is 0 Å². The lowest BCUT2D eigenvalue weighted by atomic mass is 10.1. The van der Waals surface area contributed by atoms with Crippen LogP contribution in [0.15, 0.2) is 24.3 Å². The predicted molar refractivity (Wildman–Crippen MR) is 70.4 cm³/mol. The van der Waals surface area contributed by atoms with Crippen LogP contribution in [0.25, 0.3) is 0 Å². The first-order chi connectivity index (χ1) is 9.75. The minimum atomic E-state index is -0.0230. The third-order valence-electron chi connectivity index (χ3n) is 2.89. The molecule has 0 amide bonds. The Morgan fingerprint density at radius 3 is 2.40 bits per heavy atom. The fraction of sp³-hybridized carbons (Fsp3) is 0.400. The summed E-state index contributed by atoms with van der Waals surface area (Å²) < 4.78 is 3.11. The molecule has 0 saturated heterocycles. The van der Waals surface area contributed by atoms with Crippen LogP contribution in [0.2, 0.25) is 0 Å². The van der Waals surface area contributed by atoms with Gasteiger partial charge in [0.2, 0.25) is 0 Å². The van der Waals surface area contributed by atoms with Gasteiger partial charge in [-0.15, -0.1) is 0 Å². The van der Waals surface area contributed by atoms with Crippen molar-refractivity contribution in [2.45, 2.75) is 12.5 Å². The largest absolute Gasteiger partial charge is 0.264 e. The van der Waals surface area contributed by atoms with Crippen LogP contribution in [0.4, 0.5) is 11.9 Å². The first-order valence-electron chi connectivity index (χ1n) is 6.09. The number of hydrogen-bond acceptors (Lipinski definition) is 8. The van der Waals surface area contributed by atoms with Gasteiger partial charge in [0.15, 0.2) is 0 Å². The van der Waals surface area contributed by atoms with E-state index in [0.29, 0.717) is 11.9 Å². The van der Waals surface area contributed by atoms with E-state index in [4.69, 9.17) is 0 Å². The molecule has 10 nitrogen and oxygen atoms in total. The number of hydrazine groups is 1. The van der Waals surface area contributed by atoms with Gasteiger partial charge in [-0.3, -0.25) is 5.43 Å². The van der Waals surface area contributed by atoms with E-state index in [9.17, 15) is 0 Å². The summed E-state index contributed by atoms with van der Waals surface area (Å²) in [7, 11) is 3.52. The highest BCUT2D eigenvalue weighted by molar-refractivity contribution is 5.44. The maximum Gasteiger partial charge on any atom is 0.264 e. The number of rotatable bonds is 4. The third kappa shape index (κ3) is 2.22. The summed E-state index contributed by atoms with van der Waals surface area (Å²) in [5, 5.41) is 24.6. The fourth-order valence-corrected chi connectivity index (χ4v) is 1.87. The average molecular weight is 274 g/mol. The molecule has 2 heterocycles. The highest BCUT2D eigenvalue weighted by Gasteiger charge is 2.22. The van der Waals surface area contributed by atoms with Gasteiger partial charge in [0.05, 0.1) is 6.04 Å². The summed E-state index contributed by atoms with van der Waals surface area (Å²) >= 11 is 0. The molecule has 2 aromatic rings. The second-order valence-corrected chi connectivity index (χ2v) is 4.29. The van der Waals surface area contributed by atoms with Crippen molar-refractivity contribution in [1.29, 1.82) is 0 Å². The summed E-state index contributed by atoms with van der Waals surface area (Å²) in [5.41, 5.74) is 3.13. The Morgan fingerprint density at radius 1 is 1.10 bits per heavy atom. The Kier molecular flexibility index (Phi) is 3.11. The van der Waals surface area contributed by atoms with Gasteiger partial charge in [0.25, 0.3) is 11.9 Å². The topological polar surface area (TPSA) is 102 Å². The van der Waals surface area contributed by atoms with Crippen molar-refractivity contribution in [1.82, 2.24) is 40.4 Å². The van der Waals surface area contributed by atoms with Crippen LogP contribution >= 0.6 is 0 Å². The first-order valence-corrected chi connectivity index (χ1v) is 6.09. The molecule has 0 saturated carbocycles. The second kappa shape index (κ2) is 5.07. The predicted octanol–water partition coefficient (Wildman–Crippen LogP) is -0.548. The van der Waals surface area contributed by atoms with Crippen molar-refractivity contribution in [3.8, 4) is 0 Å². The molecule has 1 N–H and O–H groups in total. The van der Waals surface area contributed by atoms with Crippen LogP contribution in [0, 0.1) is 0 Å². The van der Waals surface area contributed by atoms with Crippen LogP contribution in [-0.4, -0.2) is 46.5 Å². The molecule has 0 aliphatic heterocycles. The zero-order valence-electron chi connectivity index (χ0n) is 11.1. The van der Waals surface area contributed by atoms with E-state index in [0.717, 1.165) is 6.42 Å². The van der Waals surface area contributed by atoms with Crippen molar-refractivity contribution in [3.05, 3.63) is 24.3 Å². The van der Waals surface area contributed by atoms with Crippen molar-refractivity contribution >= 4 is 11.9 Å². The van der Waals surface area contributed by atoms with Crippen LogP contribution < -0.4 is 10.4 Å². The number of hydrogen-bond donors (Lipinski definition) is 1. The SMILES string of the molecule is Cn1nnnc1NN(c1nnnn1C)C1C=CCC=C1. The molecule has 0 spiro atoms. The van der Waals surface area contributed by atoms with Crippen molar-refractivity contribution in [3.63, 3.8) is 0 Å². The molecule has 0 aromatic carbocycles. The molecular weight excluding hydrogens is 260 g/mol. The molecule has 20 heavy (non-hydrogen) atoms. The smallest absolute Gasteiger partial charge is 0.261 e. The van der Waals surface area contributed by atoms with Crippen LogP contribution in [0.5, 0.6) is 0 Å². The van der Waals surface area contributed by atoms with Crippen LogP contribution in [-0.2, 0) is 14.1 Å². The van der Waals surface area contributed by atoms with Crippen LogP contribution in [0.1, 0.15) is 6.42 Å². The van der Waals surface area contributed by atoms with E-state index >= 15 is 0 Å². The van der Waals surface area contributed by atoms with Gasteiger partial charge in [-0.2, -0.15) is 0 Å². The number of nitrogens with zero attached hydrogens (tertiary/aromatic N) is 9. The van der Waals surface area contributed by atoms with Crippen molar-refractivity contribution < 1.29 is 0 Å². The molecule has 0 bridgehead atoms. The molecule has 3 rings (SSSR count). The van der Waals surface area contributed by atoms with Gasteiger partial charge in [-0.25, -0.2) is 14.4 Å². The Hall–Kier alpha value is -2.78. The Morgan fingerprint density at radius 2 is 1.80 bits per heavy atom. The molecule has 0 radical (unpaired) electrons. The zero-order chi connectivity index (χ0) is 13.9.